The Balaban J connectivity index is 2.61. The number of benzene rings is 1. The third kappa shape index (κ3) is 1.38. The van der Waals surface area contributed by atoms with Crippen LogP contribution in [0.5, 0.6) is 5.75 Å². The molecule has 5 N–H and O–H groups in total. The molecule has 0 unspecified atom stereocenters. The molecule has 4 nitrogen and oxygen atoms in total. The van der Waals surface area contributed by atoms with Crippen LogP contribution in [0.4, 0.5) is 10.8 Å². The number of anilines is 2. The second-order valence-corrected chi connectivity index (χ2v) is 3.87. The highest BCUT2D eigenvalue weighted by molar-refractivity contribution is 7.18. The maximum Gasteiger partial charge on any atom is 0.180 e. The summed E-state index contributed by atoms with van der Waals surface area (Å²) in [5.74, 6) is 0.147. The number of rotatable bonds is 1. The first-order chi connectivity index (χ1) is 6.68. The first-order valence-corrected chi connectivity index (χ1v) is 4.79. The van der Waals surface area contributed by atoms with Gasteiger partial charge in [0.1, 0.15) is 5.75 Å². The fourth-order valence-electron chi connectivity index (χ4n) is 1.23. The summed E-state index contributed by atoms with van der Waals surface area (Å²) in [7, 11) is 0. The second-order valence-electron chi connectivity index (χ2n) is 2.80. The Morgan fingerprint density at radius 1 is 1.29 bits per heavy atom. The van der Waals surface area contributed by atoms with E-state index in [1.54, 1.807) is 24.4 Å². The highest BCUT2D eigenvalue weighted by Crippen LogP contribution is 2.37. The molecule has 5 heteroatoms. The van der Waals surface area contributed by atoms with E-state index in [1.807, 2.05) is 0 Å². The summed E-state index contributed by atoms with van der Waals surface area (Å²) in [5, 5.41) is 10.1. The molecule has 0 aliphatic rings. The Hall–Kier alpha value is -1.75. The van der Waals surface area contributed by atoms with Crippen molar-refractivity contribution >= 4 is 22.2 Å². The molecule has 0 amide bonds. The minimum absolute atomic E-state index is 0.147. The van der Waals surface area contributed by atoms with Crippen molar-refractivity contribution in [3.8, 4) is 16.2 Å². The minimum atomic E-state index is 0.147. The summed E-state index contributed by atoms with van der Waals surface area (Å²) in [6.45, 7) is 0. The number of phenolic OH excluding ortho intramolecular Hbond substituents is 1. The molecule has 0 saturated heterocycles. The number of hydrogen-bond acceptors (Lipinski definition) is 5. The monoisotopic (exact) mass is 207 g/mol. The van der Waals surface area contributed by atoms with E-state index in [-0.39, 0.29) is 5.75 Å². The van der Waals surface area contributed by atoms with Crippen molar-refractivity contribution in [2.24, 2.45) is 0 Å². The number of nitrogen functional groups attached to an aromatic ring is 2. The molecular formula is C9H9N3OS. The van der Waals surface area contributed by atoms with Gasteiger partial charge in [-0.3, -0.25) is 0 Å². The summed E-state index contributed by atoms with van der Waals surface area (Å²) in [4.78, 5) is 4.68. The SMILES string of the molecule is Nc1ncc(-c2c(N)cccc2O)s1. The van der Waals surface area contributed by atoms with Gasteiger partial charge in [-0.1, -0.05) is 17.4 Å². The molecule has 14 heavy (non-hydrogen) atoms. The fourth-order valence-corrected chi connectivity index (χ4v) is 1.99. The molecule has 0 saturated carbocycles. The van der Waals surface area contributed by atoms with Crippen LogP contribution in [0.3, 0.4) is 0 Å². The van der Waals surface area contributed by atoms with Crippen LogP contribution in [0.2, 0.25) is 0 Å². The maximum absolute atomic E-state index is 9.61. The Morgan fingerprint density at radius 3 is 2.64 bits per heavy atom. The number of hydrogen-bond donors (Lipinski definition) is 3. The third-order valence-electron chi connectivity index (χ3n) is 1.84. The lowest BCUT2D eigenvalue weighted by Crippen LogP contribution is -1.88. The Kier molecular flexibility index (Phi) is 2.01. The van der Waals surface area contributed by atoms with Crippen LogP contribution in [0.25, 0.3) is 10.4 Å². The molecule has 1 heterocycles. The van der Waals surface area contributed by atoms with Crippen LogP contribution >= 0.6 is 11.3 Å². The second kappa shape index (κ2) is 3.19. The summed E-state index contributed by atoms with van der Waals surface area (Å²) in [5.41, 5.74) is 12.4. The van der Waals surface area contributed by atoms with Crippen molar-refractivity contribution in [2.45, 2.75) is 0 Å². The van der Waals surface area contributed by atoms with E-state index in [0.717, 1.165) is 4.88 Å². The zero-order valence-corrected chi connectivity index (χ0v) is 8.08. The zero-order chi connectivity index (χ0) is 10.1. The Morgan fingerprint density at radius 2 is 2.07 bits per heavy atom. The lowest BCUT2D eigenvalue weighted by atomic mass is 10.1. The molecule has 2 rings (SSSR count). The van der Waals surface area contributed by atoms with Crippen LogP contribution < -0.4 is 11.5 Å². The van der Waals surface area contributed by atoms with Gasteiger partial charge in [-0.25, -0.2) is 4.98 Å². The number of thiazole rings is 1. The first kappa shape index (κ1) is 8.83. The quantitative estimate of drug-likeness (QED) is 0.621. The van der Waals surface area contributed by atoms with Gasteiger partial charge < -0.3 is 16.6 Å². The summed E-state index contributed by atoms with van der Waals surface area (Å²) in [6.07, 6.45) is 1.60. The number of aromatic nitrogens is 1. The lowest BCUT2D eigenvalue weighted by Gasteiger charge is -2.04. The Labute approximate surface area is 84.8 Å². The molecule has 0 aliphatic heterocycles. The van der Waals surface area contributed by atoms with Gasteiger partial charge in [0.15, 0.2) is 5.13 Å². The van der Waals surface area contributed by atoms with Crippen molar-refractivity contribution < 1.29 is 5.11 Å². The van der Waals surface area contributed by atoms with Crippen molar-refractivity contribution in [1.82, 2.24) is 4.98 Å². The van der Waals surface area contributed by atoms with Crippen molar-refractivity contribution in [3.63, 3.8) is 0 Å². The predicted molar refractivity (Wildman–Crippen MR) is 58.0 cm³/mol. The molecule has 72 valence electrons. The van der Waals surface area contributed by atoms with E-state index in [9.17, 15) is 5.11 Å². The normalized spacial score (nSPS) is 10.3. The Bertz CT molecular complexity index is 447. The third-order valence-corrected chi connectivity index (χ3v) is 2.69. The molecule has 0 atom stereocenters. The highest BCUT2D eigenvalue weighted by atomic mass is 32.1. The van der Waals surface area contributed by atoms with E-state index in [1.165, 1.54) is 11.3 Å². The van der Waals surface area contributed by atoms with E-state index >= 15 is 0 Å². The topological polar surface area (TPSA) is 85.2 Å². The molecule has 0 bridgehead atoms. The van der Waals surface area contributed by atoms with Gasteiger partial charge in [0.2, 0.25) is 0 Å². The molecule has 1 aromatic carbocycles. The number of phenols is 1. The van der Waals surface area contributed by atoms with Crippen LogP contribution in [0, 0.1) is 0 Å². The largest absolute Gasteiger partial charge is 0.507 e. The van der Waals surface area contributed by atoms with E-state index in [2.05, 4.69) is 4.98 Å². The minimum Gasteiger partial charge on any atom is -0.507 e. The standard InChI is InChI=1S/C9H9N3OS/c10-5-2-1-3-6(13)8(5)7-4-12-9(11)14-7/h1-4,13H,10H2,(H2,11,12). The van der Waals surface area contributed by atoms with Gasteiger partial charge in [-0.2, -0.15) is 0 Å². The zero-order valence-electron chi connectivity index (χ0n) is 7.27. The van der Waals surface area contributed by atoms with E-state index in [4.69, 9.17) is 11.5 Å². The van der Waals surface area contributed by atoms with Gasteiger partial charge in [0.05, 0.1) is 10.4 Å². The highest BCUT2D eigenvalue weighted by Gasteiger charge is 2.10. The van der Waals surface area contributed by atoms with E-state index < -0.39 is 0 Å². The van der Waals surface area contributed by atoms with Gasteiger partial charge in [-0.05, 0) is 12.1 Å². The number of nitrogens with zero attached hydrogens (tertiary/aromatic N) is 1. The smallest absolute Gasteiger partial charge is 0.180 e. The number of nitrogens with two attached hydrogens (primary N) is 2. The first-order valence-electron chi connectivity index (χ1n) is 3.97. The van der Waals surface area contributed by atoms with E-state index in [0.29, 0.717) is 16.4 Å². The van der Waals surface area contributed by atoms with Crippen LogP contribution in [-0.2, 0) is 0 Å². The van der Waals surface area contributed by atoms with Crippen molar-refractivity contribution in [2.75, 3.05) is 11.5 Å². The maximum atomic E-state index is 9.61. The summed E-state index contributed by atoms with van der Waals surface area (Å²) >= 11 is 1.30. The van der Waals surface area contributed by atoms with Gasteiger partial charge in [-0.15, -0.1) is 0 Å². The molecule has 0 radical (unpaired) electrons. The van der Waals surface area contributed by atoms with Crippen molar-refractivity contribution in [3.05, 3.63) is 24.4 Å². The van der Waals surface area contributed by atoms with Crippen LogP contribution in [0.15, 0.2) is 24.4 Å². The molecule has 2 aromatic rings. The van der Waals surface area contributed by atoms with Gasteiger partial charge >= 0.3 is 0 Å². The summed E-state index contributed by atoms with van der Waals surface area (Å²) < 4.78 is 0. The molecule has 0 aliphatic carbocycles. The fraction of sp³-hybridized carbons (Fsp3) is 0. The van der Waals surface area contributed by atoms with Crippen LogP contribution in [0.1, 0.15) is 0 Å². The predicted octanol–water partition coefficient (Wildman–Crippen LogP) is 1.68. The lowest BCUT2D eigenvalue weighted by molar-refractivity contribution is 0.478. The number of aromatic hydroxyl groups is 1. The van der Waals surface area contributed by atoms with Crippen LogP contribution in [-0.4, -0.2) is 10.1 Å². The average molecular weight is 207 g/mol. The van der Waals surface area contributed by atoms with Crippen molar-refractivity contribution in [1.29, 1.82) is 0 Å². The van der Waals surface area contributed by atoms with Gasteiger partial charge in [0.25, 0.3) is 0 Å². The molecule has 1 aromatic heterocycles. The average Bonchev–Trinajstić information content (AvgIpc) is 2.51. The molecule has 0 spiro atoms. The molecular weight excluding hydrogens is 198 g/mol. The van der Waals surface area contributed by atoms with Gasteiger partial charge in [0, 0.05) is 11.9 Å². The summed E-state index contributed by atoms with van der Waals surface area (Å²) in [6, 6.07) is 5.01. The molecule has 0 fully saturated rings.